The summed E-state index contributed by atoms with van der Waals surface area (Å²) < 4.78 is 5.25. The van der Waals surface area contributed by atoms with Gasteiger partial charge < -0.3 is 15.0 Å². The highest BCUT2D eigenvalue weighted by molar-refractivity contribution is 6.31. The van der Waals surface area contributed by atoms with Gasteiger partial charge in [-0.05, 0) is 54.8 Å². The fourth-order valence-corrected chi connectivity index (χ4v) is 3.44. The number of hydrogen-bond donors (Lipinski definition) is 1. The molecule has 1 aliphatic heterocycles. The van der Waals surface area contributed by atoms with Crippen molar-refractivity contribution in [3.63, 3.8) is 0 Å². The van der Waals surface area contributed by atoms with Gasteiger partial charge >= 0.3 is 0 Å². The minimum atomic E-state index is -0.291. The highest BCUT2D eigenvalue weighted by atomic mass is 35.5. The minimum absolute atomic E-state index is 0.0503. The minimum Gasteiger partial charge on any atom is -0.496 e. The number of rotatable bonds is 4. The molecule has 2 aromatic carbocycles. The second-order valence-corrected chi connectivity index (χ2v) is 7.33. The van der Waals surface area contributed by atoms with Gasteiger partial charge in [-0.15, -0.1) is 0 Å². The van der Waals surface area contributed by atoms with Gasteiger partial charge in [0.25, 0.3) is 5.91 Å². The maximum Gasteiger partial charge on any atom is 0.259 e. The molecular formula is C21H23ClN2O3. The van der Waals surface area contributed by atoms with Crippen molar-refractivity contribution in [2.75, 3.05) is 23.9 Å². The number of halogens is 1. The molecule has 2 amide bonds. The lowest BCUT2D eigenvalue weighted by Gasteiger charge is -2.31. The van der Waals surface area contributed by atoms with E-state index in [1.165, 1.54) is 7.11 Å². The van der Waals surface area contributed by atoms with Crippen LogP contribution in [-0.4, -0.2) is 25.5 Å². The van der Waals surface area contributed by atoms with Crippen molar-refractivity contribution >= 4 is 34.8 Å². The van der Waals surface area contributed by atoms with E-state index in [-0.39, 0.29) is 17.7 Å². The number of benzene rings is 2. The summed E-state index contributed by atoms with van der Waals surface area (Å²) in [5, 5.41) is 3.36. The van der Waals surface area contributed by atoms with Crippen LogP contribution in [0.4, 0.5) is 11.4 Å². The number of nitrogens with zero attached hydrogens (tertiary/aromatic N) is 1. The molecule has 0 spiro atoms. The van der Waals surface area contributed by atoms with Gasteiger partial charge in [0.05, 0.1) is 12.7 Å². The molecule has 1 heterocycles. The summed E-state index contributed by atoms with van der Waals surface area (Å²) in [6.07, 6.45) is 1.78. The van der Waals surface area contributed by atoms with E-state index in [2.05, 4.69) is 5.32 Å². The Kier molecular flexibility index (Phi) is 5.71. The van der Waals surface area contributed by atoms with E-state index < -0.39 is 0 Å². The van der Waals surface area contributed by atoms with E-state index in [9.17, 15) is 9.59 Å². The average molecular weight is 387 g/mol. The first-order chi connectivity index (χ1) is 12.9. The van der Waals surface area contributed by atoms with E-state index in [1.54, 1.807) is 18.2 Å². The van der Waals surface area contributed by atoms with Crippen LogP contribution in [0.2, 0.25) is 5.02 Å². The summed E-state index contributed by atoms with van der Waals surface area (Å²) in [6.45, 7) is 4.54. The van der Waals surface area contributed by atoms with Gasteiger partial charge in [-0.2, -0.15) is 0 Å². The fourth-order valence-electron chi connectivity index (χ4n) is 3.27. The first kappa shape index (κ1) is 19.2. The first-order valence-electron chi connectivity index (χ1n) is 9.00. The highest BCUT2D eigenvalue weighted by Gasteiger charge is 2.24. The van der Waals surface area contributed by atoms with Crippen LogP contribution in [0, 0.1) is 5.92 Å². The molecule has 0 atom stereocenters. The van der Waals surface area contributed by atoms with Gasteiger partial charge in [-0.3, -0.25) is 9.59 Å². The number of nitrogens with one attached hydrogen (secondary N) is 1. The summed E-state index contributed by atoms with van der Waals surface area (Å²) >= 11 is 6.01. The molecular weight excluding hydrogens is 364 g/mol. The zero-order chi connectivity index (χ0) is 19.6. The van der Waals surface area contributed by atoms with Crippen molar-refractivity contribution in [2.24, 2.45) is 5.92 Å². The summed E-state index contributed by atoms with van der Waals surface area (Å²) in [5.41, 5.74) is 3.04. The zero-order valence-corrected chi connectivity index (χ0v) is 16.5. The number of methoxy groups -OCH3 is 1. The monoisotopic (exact) mass is 386 g/mol. The SMILES string of the molecule is COc1ccc(Cl)cc1C(=O)Nc1ccc2c(c1)CCCN2C(=O)C(C)C. The van der Waals surface area contributed by atoms with Crippen LogP contribution in [-0.2, 0) is 11.2 Å². The Labute approximate surface area is 164 Å². The zero-order valence-electron chi connectivity index (χ0n) is 15.7. The molecule has 2 aromatic rings. The normalized spacial score (nSPS) is 13.3. The largest absolute Gasteiger partial charge is 0.496 e. The molecule has 0 saturated heterocycles. The predicted molar refractivity (Wildman–Crippen MR) is 108 cm³/mol. The third kappa shape index (κ3) is 4.08. The third-order valence-electron chi connectivity index (χ3n) is 4.62. The van der Waals surface area contributed by atoms with E-state index in [1.807, 2.05) is 36.9 Å². The molecule has 142 valence electrons. The number of carbonyl (C=O) groups excluding carboxylic acids is 2. The van der Waals surface area contributed by atoms with Gasteiger partial charge in [-0.25, -0.2) is 0 Å². The quantitative estimate of drug-likeness (QED) is 0.839. The Balaban J connectivity index is 1.85. The molecule has 0 unspecified atom stereocenters. The highest BCUT2D eigenvalue weighted by Crippen LogP contribution is 2.31. The smallest absolute Gasteiger partial charge is 0.259 e. The van der Waals surface area contributed by atoms with Gasteiger partial charge in [0.1, 0.15) is 5.75 Å². The second-order valence-electron chi connectivity index (χ2n) is 6.89. The van der Waals surface area contributed by atoms with E-state index in [0.29, 0.717) is 22.0 Å². The molecule has 6 heteroatoms. The molecule has 0 saturated carbocycles. The second kappa shape index (κ2) is 8.01. The Bertz CT molecular complexity index is 880. The molecule has 0 aromatic heterocycles. The Morgan fingerprint density at radius 2 is 1.96 bits per heavy atom. The maximum atomic E-state index is 12.7. The molecule has 0 aliphatic carbocycles. The van der Waals surface area contributed by atoms with Crippen LogP contribution >= 0.6 is 11.6 Å². The summed E-state index contributed by atoms with van der Waals surface area (Å²) in [4.78, 5) is 26.9. The van der Waals surface area contributed by atoms with Crippen LogP contribution < -0.4 is 15.0 Å². The van der Waals surface area contributed by atoms with Crippen LogP contribution in [0.1, 0.15) is 36.2 Å². The Hall–Kier alpha value is -2.53. The molecule has 0 fully saturated rings. The third-order valence-corrected chi connectivity index (χ3v) is 4.86. The molecule has 5 nitrogen and oxygen atoms in total. The van der Waals surface area contributed by atoms with E-state index in [0.717, 1.165) is 30.6 Å². The van der Waals surface area contributed by atoms with E-state index >= 15 is 0 Å². The van der Waals surface area contributed by atoms with Crippen molar-refractivity contribution < 1.29 is 14.3 Å². The Morgan fingerprint density at radius 1 is 1.19 bits per heavy atom. The first-order valence-corrected chi connectivity index (χ1v) is 9.37. The lowest BCUT2D eigenvalue weighted by atomic mass is 9.99. The standard InChI is InChI=1S/C21H23ClN2O3/c1-13(2)21(26)24-10-4-5-14-11-16(7-8-18(14)24)23-20(25)17-12-15(22)6-9-19(17)27-3/h6-9,11-13H,4-5,10H2,1-3H3,(H,23,25). The van der Waals surface area contributed by atoms with Gasteiger partial charge in [0.15, 0.2) is 0 Å². The van der Waals surface area contributed by atoms with Gasteiger partial charge in [0.2, 0.25) is 5.91 Å². The summed E-state index contributed by atoms with van der Waals surface area (Å²) in [5.74, 6) is 0.241. The molecule has 3 rings (SSSR count). The van der Waals surface area contributed by atoms with Crippen molar-refractivity contribution in [2.45, 2.75) is 26.7 Å². The molecule has 1 N–H and O–H groups in total. The average Bonchev–Trinajstić information content (AvgIpc) is 2.66. The van der Waals surface area contributed by atoms with Crippen molar-refractivity contribution in [1.82, 2.24) is 0 Å². The van der Waals surface area contributed by atoms with Gasteiger partial charge in [0, 0.05) is 28.9 Å². The van der Waals surface area contributed by atoms with Crippen LogP contribution in [0.25, 0.3) is 0 Å². The van der Waals surface area contributed by atoms with Crippen molar-refractivity contribution in [1.29, 1.82) is 0 Å². The lowest BCUT2D eigenvalue weighted by molar-refractivity contribution is -0.121. The maximum absolute atomic E-state index is 12.7. The lowest BCUT2D eigenvalue weighted by Crippen LogP contribution is -2.38. The topological polar surface area (TPSA) is 58.6 Å². The number of anilines is 2. The number of fused-ring (bicyclic) bond motifs is 1. The van der Waals surface area contributed by atoms with E-state index in [4.69, 9.17) is 16.3 Å². The van der Waals surface area contributed by atoms with Gasteiger partial charge in [-0.1, -0.05) is 25.4 Å². The molecule has 0 radical (unpaired) electrons. The fraction of sp³-hybridized carbons (Fsp3) is 0.333. The predicted octanol–water partition coefficient (Wildman–Crippen LogP) is 4.54. The number of carbonyl (C=O) groups is 2. The van der Waals surface area contributed by atoms with Crippen LogP contribution in [0.15, 0.2) is 36.4 Å². The molecule has 0 bridgehead atoms. The Morgan fingerprint density at radius 3 is 2.67 bits per heavy atom. The van der Waals surface area contributed by atoms with Crippen LogP contribution in [0.3, 0.4) is 0 Å². The number of hydrogen-bond acceptors (Lipinski definition) is 3. The van der Waals surface area contributed by atoms with Crippen molar-refractivity contribution in [3.8, 4) is 5.75 Å². The number of ether oxygens (including phenoxy) is 1. The number of amides is 2. The van der Waals surface area contributed by atoms with Crippen LogP contribution in [0.5, 0.6) is 5.75 Å². The molecule has 1 aliphatic rings. The summed E-state index contributed by atoms with van der Waals surface area (Å²) in [7, 11) is 1.51. The number of aryl methyl sites for hydroxylation is 1. The summed E-state index contributed by atoms with van der Waals surface area (Å²) in [6, 6.07) is 10.6. The molecule has 27 heavy (non-hydrogen) atoms. The van der Waals surface area contributed by atoms with Crippen molar-refractivity contribution in [3.05, 3.63) is 52.5 Å².